The molecule has 0 amide bonds. The fourth-order valence-electron chi connectivity index (χ4n) is 2.44. The van der Waals surface area contributed by atoms with E-state index in [1.807, 2.05) is 12.3 Å². The Kier molecular flexibility index (Phi) is 3.91. The van der Waals surface area contributed by atoms with E-state index in [9.17, 15) is 8.42 Å². The van der Waals surface area contributed by atoms with Crippen LogP contribution in [0.15, 0.2) is 16.6 Å². The molecule has 0 spiro atoms. The molecule has 0 aromatic carbocycles. The highest BCUT2D eigenvalue weighted by atomic mass is 32.2. The van der Waals surface area contributed by atoms with E-state index in [2.05, 4.69) is 10.3 Å². The minimum atomic E-state index is -3.63. The number of likely N-dealkylation sites (N-methyl/N-ethyl adjacent to an activating group) is 1. The molecule has 3 heterocycles. The molecule has 1 fully saturated rings. The maximum atomic E-state index is 13.0. The summed E-state index contributed by atoms with van der Waals surface area (Å²) in [5.41, 5.74) is 0. The predicted octanol–water partition coefficient (Wildman–Crippen LogP) is 1.24. The Morgan fingerprint density at radius 2 is 2.43 bits per heavy atom. The Bertz CT molecular complexity index is 731. The van der Waals surface area contributed by atoms with Crippen LogP contribution in [0.4, 0.5) is 5.82 Å². The first-order chi connectivity index (χ1) is 10.1. The number of nitrogens with zero attached hydrogens (tertiary/aromatic N) is 3. The van der Waals surface area contributed by atoms with E-state index in [-0.39, 0.29) is 11.1 Å². The third-order valence-electron chi connectivity index (χ3n) is 3.61. The lowest BCUT2D eigenvalue weighted by Crippen LogP contribution is -2.38. The van der Waals surface area contributed by atoms with E-state index >= 15 is 0 Å². The number of hydrogen-bond donors (Lipinski definition) is 1. The third kappa shape index (κ3) is 2.44. The maximum absolute atomic E-state index is 13.0. The average molecular weight is 330 g/mol. The Labute approximate surface area is 127 Å². The molecule has 1 atom stereocenters. The van der Waals surface area contributed by atoms with Gasteiger partial charge in [0, 0.05) is 31.8 Å². The molecule has 21 heavy (non-hydrogen) atoms. The summed E-state index contributed by atoms with van der Waals surface area (Å²) in [6.45, 7) is 3.57. The zero-order valence-electron chi connectivity index (χ0n) is 11.9. The first kappa shape index (κ1) is 14.8. The molecule has 1 aliphatic heterocycles. The number of fused-ring (bicyclic) bond motifs is 1. The van der Waals surface area contributed by atoms with E-state index in [0.717, 1.165) is 6.42 Å². The van der Waals surface area contributed by atoms with Gasteiger partial charge in [-0.25, -0.2) is 13.4 Å². The van der Waals surface area contributed by atoms with Crippen LogP contribution in [0.3, 0.4) is 0 Å². The SMILES string of the molecule is CCNc1nc2sccn2c1S(=O)(=O)N(C)C1CCOC1. The Balaban J connectivity index is 2.08. The molecule has 1 saturated heterocycles. The molecule has 0 bridgehead atoms. The molecular weight excluding hydrogens is 312 g/mol. The second-order valence-corrected chi connectivity index (χ2v) is 7.68. The standard InChI is InChI=1S/C12H18N4O3S2/c1-3-13-10-11(16-5-7-20-12(16)14-10)21(17,18)15(2)9-4-6-19-8-9/h5,7,9,13H,3-4,6,8H2,1-2H3. The van der Waals surface area contributed by atoms with Crippen molar-refractivity contribution in [2.75, 3.05) is 32.1 Å². The van der Waals surface area contributed by atoms with Crippen LogP contribution < -0.4 is 5.32 Å². The number of anilines is 1. The fourth-order valence-corrected chi connectivity index (χ4v) is 4.80. The van der Waals surface area contributed by atoms with Crippen LogP contribution in [0.1, 0.15) is 13.3 Å². The first-order valence-corrected chi connectivity index (χ1v) is 9.13. The van der Waals surface area contributed by atoms with Crippen molar-refractivity contribution >= 4 is 32.1 Å². The van der Waals surface area contributed by atoms with Gasteiger partial charge in [-0.15, -0.1) is 11.3 Å². The van der Waals surface area contributed by atoms with Gasteiger partial charge in [0.2, 0.25) is 0 Å². The molecule has 0 aliphatic carbocycles. The Morgan fingerprint density at radius 1 is 1.62 bits per heavy atom. The summed E-state index contributed by atoms with van der Waals surface area (Å²) in [5, 5.41) is 5.07. The molecule has 1 unspecified atom stereocenters. The lowest BCUT2D eigenvalue weighted by molar-refractivity contribution is 0.180. The number of ether oxygens (including phenoxy) is 1. The van der Waals surface area contributed by atoms with Gasteiger partial charge >= 0.3 is 0 Å². The molecule has 0 saturated carbocycles. The molecule has 3 rings (SSSR count). The van der Waals surface area contributed by atoms with E-state index in [1.165, 1.54) is 15.6 Å². The van der Waals surface area contributed by atoms with Crippen molar-refractivity contribution in [1.29, 1.82) is 0 Å². The molecule has 2 aromatic rings. The summed E-state index contributed by atoms with van der Waals surface area (Å²) in [6.07, 6.45) is 2.46. The van der Waals surface area contributed by atoms with Crippen LogP contribution in [0, 0.1) is 0 Å². The topological polar surface area (TPSA) is 75.9 Å². The monoisotopic (exact) mass is 330 g/mol. The van der Waals surface area contributed by atoms with Crippen molar-refractivity contribution in [3.05, 3.63) is 11.6 Å². The highest BCUT2D eigenvalue weighted by molar-refractivity contribution is 7.89. The minimum absolute atomic E-state index is 0.117. The van der Waals surface area contributed by atoms with Gasteiger partial charge in [0.15, 0.2) is 15.8 Å². The summed E-state index contributed by atoms with van der Waals surface area (Å²) in [6, 6.07) is -0.117. The molecular formula is C12H18N4O3S2. The van der Waals surface area contributed by atoms with Gasteiger partial charge in [-0.1, -0.05) is 0 Å². The van der Waals surface area contributed by atoms with E-state index in [0.29, 0.717) is 30.5 Å². The molecule has 2 aromatic heterocycles. The maximum Gasteiger partial charge on any atom is 0.262 e. The van der Waals surface area contributed by atoms with Crippen molar-refractivity contribution < 1.29 is 13.2 Å². The number of rotatable bonds is 5. The zero-order valence-corrected chi connectivity index (χ0v) is 13.6. The van der Waals surface area contributed by atoms with Gasteiger partial charge in [-0.2, -0.15) is 4.31 Å². The lowest BCUT2D eigenvalue weighted by Gasteiger charge is -2.22. The van der Waals surface area contributed by atoms with Gasteiger partial charge in [-0.05, 0) is 13.3 Å². The van der Waals surface area contributed by atoms with E-state index in [1.54, 1.807) is 17.6 Å². The van der Waals surface area contributed by atoms with Crippen LogP contribution in [0.5, 0.6) is 0 Å². The summed E-state index contributed by atoms with van der Waals surface area (Å²) in [5.74, 6) is 0.412. The lowest BCUT2D eigenvalue weighted by atomic mass is 10.3. The molecule has 0 radical (unpaired) electrons. The average Bonchev–Trinajstić information content (AvgIpc) is 3.13. The van der Waals surface area contributed by atoms with Crippen LogP contribution in [-0.4, -0.2) is 55.0 Å². The number of imidazole rings is 1. The molecule has 1 N–H and O–H groups in total. The zero-order chi connectivity index (χ0) is 15.0. The summed E-state index contributed by atoms with van der Waals surface area (Å²) >= 11 is 1.41. The van der Waals surface area contributed by atoms with Crippen molar-refractivity contribution in [1.82, 2.24) is 13.7 Å². The number of thiazole rings is 1. The summed E-state index contributed by atoms with van der Waals surface area (Å²) in [7, 11) is -2.02. The first-order valence-electron chi connectivity index (χ1n) is 6.81. The van der Waals surface area contributed by atoms with Crippen molar-refractivity contribution in [2.45, 2.75) is 24.4 Å². The largest absolute Gasteiger partial charge is 0.380 e. The fraction of sp³-hybridized carbons (Fsp3) is 0.583. The quantitative estimate of drug-likeness (QED) is 0.892. The van der Waals surface area contributed by atoms with E-state index < -0.39 is 10.0 Å². The Hall–Kier alpha value is -1.16. The van der Waals surface area contributed by atoms with Crippen LogP contribution in [-0.2, 0) is 14.8 Å². The summed E-state index contributed by atoms with van der Waals surface area (Å²) < 4.78 is 34.3. The van der Waals surface area contributed by atoms with Crippen molar-refractivity contribution in [2.24, 2.45) is 0 Å². The van der Waals surface area contributed by atoms with E-state index in [4.69, 9.17) is 4.74 Å². The number of nitrogens with one attached hydrogen (secondary N) is 1. The smallest absolute Gasteiger partial charge is 0.262 e. The Morgan fingerprint density at radius 3 is 3.10 bits per heavy atom. The van der Waals surface area contributed by atoms with Gasteiger partial charge in [-0.3, -0.25) is 4.40 Å². The van der Waals surface area contributed by atoms with Crippen LogP contribution in [0.2, 0.25) is 0 Å². The highest BCUT2D eigenvalue weighted by Crippen LogP contribution is 2.29. The van der Waals surface area contributed by atoms with Gasteiger partial charge in [0.1, 0.15) is 0 Å². The van der Waals surface area contributed by atoms with Crippen LogP contribution >= 0.6 is 11.3 Å². The van der Waals surface area contributed by atoms with Gasteiger partial charge in [0.05, 0.1) is 12.6 Å². The molecule has 1 aliphatic rings. The highest BCUT2D eigenvalue weighted by Gasteiger charge is 2.35. The summed E-state index contributed by atoms with van der Waals surface area (Å²) in [4.78, 5) is 5.04. The number of aromatic nitrogens is 2. The van der Waals surface area contributed by atoms with Crippen LogP contribution in [0.25, 0.3) is 4.96 Å². The predicted molar refractivity (Wildman–Crippen MR) is 81.4 cm³/mol. The van der Waals surface area contributed by atoms with Crippen molar-refractivity contribution in [3.8, 4) is 0 Å². The second-order valence-electron chi connectivity index (χ2n) is 4.89. The van der Waals surface area contributed by atoms with Crippen molar-refractivity contribution in [3.63, 3.8) is 0 Å². The third-order valence-corrected chi connectivity index (χ3v) is 6.30. The molecule has 7 nitrogen and oxygen atoms in total. The normalized spacial score (nSPS) is 19.7. The van der Waals surface area contributed by atoms with Gasteiger partial charge in [0.25, 0.3) is 10.0 Å². The molecule has 9 heteroatoms. The number of sulfonamides is 1. The second kappa shape index (κ2) is 5.56. The number of hydrogen-bond acceptors (Lipinski definition) is 6. The molecule has 116 valence electrons. The minimum Gasteiger partial charge on any atom is -0.380 e. The van der Waals surface area contributed by atoms with Gasteiger partial charge < -0.3 is 10.1 Å².